The van der Waals surface area contributed by atoms with Crippen LogP contribution in [-0.2, 0) is 0 Å². The molecule has 0 unspecified atom stereocenters. The van der Waals surface area contributed by atoms with Gasteiger partial charge in [-0.3, -0.25) is 4.79 Å². The largest absolute Gasteiger partial charge is 0.385 e. The van der Waals surface area contributed by atoms with Crippen molar-refractivity contribution in [3.05, 3.63) is 28.8 Å². The second kappa shape index (κ2) is 4.12. The molecule has 1 aromatic carbocycles. The molecule has 0 aliphatic carbocycles. The Balaban J connectivity index is 3.02. The summed E-state index contributed by atoms with van der Waals surface area (Å²) in [6.07, 6.45) is 0.796. The Labute approximate surface area is 76.5 Å². The Hall–Kier alpha value is -1.02. The monoisotopic (exact) mass is 183 g/mol. The molecule has 3 heteroatoms. The van der Waals surface area contributed by atoms with Crippen LogP contribution in [0, 0.1) is 0 Å². The van der Waals surface area contributed by atoms with Crippen LogP contribution in [0.15, 0.2) is 18.2 Å². The third-order valence-corrected chi connectivity index (χ3v) is 1.74. The van der Waals surface area contributed by atoms with Crippen LogP contribution in [0.2, 0.25) is 5.02 Å². The van der Waals surface area contributed by atoms with Crippen molar-refractivity contribution < 1.29 is 4.79 Å². The molecule has 0 aliphatic rings. The maximum absolute atomic E-state index is 10.6. The van der Waals surface area contributed by atoms with Gasteiger partial charge in [-0.1, -0.05) is 11.6 Å². The molecule has 0 saturated carbocycles. The molecule has 0 atom stereocenters. The summed E-state index contributed by atoms with van der Waals surface area (Å²) in [4.78, 5) is 10.6. The van der Waals surface area contributed by atoms with Gasteiger partial charge in [0.2, 0.25) is 0 Å². The number of halogens is 1. The fourth-order valence-electron chi connectivity index (χ4n) is 0.983. The predicted molar refractivity (Wildman–Crippen MR) is 51.0 cm³/mol. The summed E-state index contributed by atoms with van der Waals surface area (Å²) in [5, 5.41) is 3.65. The van der Waals surface area contributed by atoms with Crippen molar-refractivity contribution in [1.29, 1.82) is 0 Å². The summed E-state index contributed by atoms with van der Waals surface area (Å²) in [7, 11) is 0. The smallest absolute Gasteiger partial charge is 0.152 e. The normalized spacial score (nSPS) is 9.50. The summed E-state index contributed by atoms with van der Waals surface area (Å²) in [5.41, 5.74) is 1.43. The predicted octanol–water partition coefficient (Wildman–Crippen LogP) is 2.58. The lowest BCUT2D eigenvalue weighted by molar-refractivity contribution is 0.112. The first-order valence-electron chi connectivity index (χ1n) is 3.76. The fraction of sp³-hybridized carbons (Fsp3) is 0.222. The van der Waals surface area contributed by atoms with Crippen molar-refractivity contribution in [1.82, 2.24) is 0 Å². The van der Waals surface area contributed by atoms with Crippen LogP contribution < -0.4 is 5.32 Å². The maximum atomic E-state index is 10.6. The first-order chi connectivity index (χ1) is 5.77. The van der Waals surface area contributed by atoms with Crippen LogP contribution in [0.25, 0.3) is 0 Å². The highest BCUT2D eigenvalue weighted by molar-refractivity contribution is 6.31. The summed E-state index contributed by atoms with van der Waals surface area (Å²) >= 11 is 5.71. The van der Waals surface area contributed by atoms with Gasteiger partial charge in [0, 0.05) is 22.8 Å². The van der Waals surface area contributed by atoms with Gasteiger partial charge in [0.05, 0.1) is 0 Å². The van der Waals surface area contributed by atoms with E-state index < -0.39 is 0 Å². The molecule has 0 aromatic heterocycles. The molecule has 0 saturated heterocycles. The van der Waals surface area contributed by atoms with E-state index in [1.165, 1.54) is 0 Å². The van der Waals surface area contributed by atoms with E-state index >= 15 is 0 Å². The molecular formula is C9H10ClNO. The van der Waals surface area contributed by atoms with Crippen LogP contribution in [-0.4, -0.2) is 12.8 Å². The number of hydrogen-bond acceptors (Lipinski definition) is 2. The Bertz CT molecular complexity index is 286. The molecule has 0 heterocycles. The van der Waals surface area contributed by atoms with E-state index in [1.807, 2.05) is 6.92 Å². The minimum atomic E-state index is 0.582. The first kappa shape index (κ1) is 9.07. The molecule has 2 nitrogen and oxygen atoms in total. The van der Waals surface area contributed by atoms with E-state index in [0.717, 1.165) is 18.5 Å². The molecular weight excluding hydrogens is 174 g/mol. The Morgan fingerprint density at radius 1 is 1.58 bits per heavy atom. The summed E-state index contributed by atoms with van der Waals surface area (Å²) in [5.74, 6) is 0. The van der Waals surface area contributed by atoms with Crippen molar-refractivity contribution >= 4 is 23.6 Å². The van der Waals surface area contributed by atoms with Gasteiger partial charge in [0.1, 0.15) is 0 Å². The van der Waals surface area contributed by atoms with Gasteiger partial charge in [0.15, 0.2) is 6.29 Å². The topological polar surface area (TPSA) is 29.1 Å². The highest BCUT2D eigenvalue weighted by Gasteiger charge is 1.99. The highest BCUT2D eigenvalue weighted by atomic mass is 35.5. The number of carbonyl (C=O) groups is 1. The molecule has 64 valence electrons. The summed E-state index contributed by atoms with van der Waals surface area (Å²) in [6.45, 7) is 2.77. The summed E-state index contributed by atoms with van der Waals surface area (Å²) in [6, 6.07) is 5.20. The van der Waals surface area contributed by atoms with Gasteiger partial charge in [-0.2, -0.15) is 0 Å². The quantitative estimate of drug-likeness (QED) is 0.730. The molecule has 0 radical (unpaired) electrons. The standard InChI is InChI=1S/C9H10ClNO/c1-2-11-9-4-3-8(10)5-7(9)6-12/h3-6,11H,2H2,1H3. The number of nitrogens with one attached hydrogen (secondary N) is 1. The van der Waals surface area contributed by atoms with Crippen molar-refractivity contribution in [3.8, 4) is 0 Å². The number of hydrogen-bond donors (Lipinski definition) is 1. The maximum Gasteiger partial charge on any atom is 0.152 e. The van der Waals surface area contributed by atoms with E-state index in [2.05, 4.69) is 5.32 Å². The number of aldehydes is 1. The van der Waals surface area contributed by atoms with E-state index in [1.54, 1.807) is 18.2 Å². The van der Waals surface area contributed by atoms with E-state index in [4.69, 9.17) is 11.6 Å². The van der Waals surface area contributed by atoms with Gasteiger partial charge in [-0.15, -0.1) is 0 Å². The fourth-order valence-corrected chi connectivity index (χ4v) is 1.16. The minimum Gasteiger partial charge on any atom is -0.385 e. The lowest BCUT2D eigenvalue weighted by atomic mass is 10.2. The second-order valence-corrected chi connectivity index (χ2v) is 2.82. The zero-order valence-corrected chi connectivity index (χ0v) is 7.56. The Morgan fingerprint density at radius 3 is 2.92 bits per heavy atom. The molecule has 0 aliphatic heterocycles. The third kappa shape index (κ3) is 1.98. The Kier molecular flexibility index (Phi) is 3.11. The molecule has 12 heavy (non-hydrogen) atoms. The number of benzene rings is 1. The molecule has 0 spiro atoms. The zero-order chi connectivity index (χ0) is 8.97. The lowest BCUT2D eigenvalue weighted by Crippen LogP contribution is -1.99. The van der Waals surface area contributed by atoms with E-state index in [0.29, 0.717) is 10.6 Å². The van der Waals surface area contributed by atoms with Crippen LogP contribution in [0.4, 0.5) is 5.69 Å². The molecule has 1 N–H and O–H groups in total. The van der Waals surface area contributed by atoms with Gasteiger partial charge < -0.3 is 5.32 Å². The van der Waals surface area contributed by atoms with E-state index in [-0.39, 0.29) is 0 Å². The van der Waals surface area contributed by atoms with Crippen LogP contribution in [0.5, 0.6) is 0 Å². The molecule has 0 fully saturated rings. The minimum absolute atomic E-state index is 0.582. The van der Waals surface area contributed by atoms with Crippen LogP contribution >= 0.6 is 11.6 Å². The molecule has 0 amide bonds. The lowest BCUT2D eigenvalue weighted by Gasteiger charge is -2.05. The molecule has 1 rings (SSSR count). The first-order valence-corrected chi connectivity index (χ1v) is 4.14. The zero-order valence-electron chi connectivity index (χ0n) is 6.80. The molecule has 0 bridgehead atoms. The van der Waals surface area contributed by atoms with Crippen LogP contribution in [0.1, 0.15) is 17.3 Å². The summed E-state index contributed by atoms with van der Waals surface area (Å²) < 4.78 is 0. The van der Waals surface area contributed by atoms with Gasteiger partial charge in [-0.05, 0) is 25.1 Å². The van der Waals surface area contributed by atoms with Gasteiger partial charge in [0.25, 0.3) is 0 Å². The average Bonchev–Trinajstić information content (AvgIpc) is 2.08. The highest BCUT2D eigenvalue weighted by Crippen LogP contribution is 2.18. The SMILES string of the molecule is CCNc1ccc(Cl)cc1C=O. The van der Waals surface area contributed by atoms with Crippen molar-refractivity contribution in [3.63, 3.8) is 0 Å². The number of rotatable bonds is 3. The Morgan fingerprint density at radius 2 is 2.33 bits per heavy atom. The van der Waals surface area contributed by atoms with Gasteiger partial charge in [-0.25, -0.2) is 0 Å². The van der Waals surface area contributed by atoms with Gasteiger partial charge >= 0.3 is 0 Å². The average molecular weight is 184 g/mol. The van der Waals surface area contributed by atoms with Crippen molar-refractivity contribution in [2.45, 2.75) is 6.92 Å². The second-order valence-electron chi connectivity index (χ2n) is 2.38. The molecule has 1 aromatic rings. The van der Waals surface area contributed by atoms with Crippen molar-refractivity contribution in [2.24, 2.45) is 0 Å². The van der Waals surface area contributed by atoms with E-state index in [9.17, 15) is 4.79 Å². The van der Waals surface area contributed by atoms with Crippen LogP contribution in [0.3, 0.4) is 0 Å². The van der Waals surface area contributed by atoms with Crippen molar-refractivity contribution in [2.75, 3.05) is 11.9 Å². The number of carbonyl (C=O) groups excluding carboxylic acids is 1. The third-order valence-electron chi connectivity index (χ3n) is 1.51. The number of anilines is 1.